The Morgan fingerprint density at radius 1 is 1.47 bits per heavy atom. The summed E-state index contributed by atoms with van der Waals surface area (Å²) < 4.78 is 1.78. The summed E-state index contributed by atoms with van der Waals surface area (Å²) in [6.07, 6.45) is 3.70. The molecule has 19 heavy (non-hydrogen) atoms. The van der Waals surface area contributed by atoms with Gasteiger partial charge in [0.15, 0.2) is 0 Å². The van der Waals surface area contributed by atoms with Crippen LogP contribution in [0.3, 0.4) is 0 Å². The zero-order valence-electron chi connectivity index (χ0n) is 10.5. The Balaban J connectivity index is 0.00000180. The maximum absolute atomic E-state index is 11.7. The summed E-state index contributed by atoms with van der Waals surface area (Å²) in [5, 5.41) is 6.90. The molecule has 3 N–H and O–H groups in total. The second-order valence-electron chi connectivity index (χ2n) is 3.98. The van der Waals surface area contributed by atoms with Gasteiger partial charge in [-0.2, -0.15) is 5.10 Å². The molecule has 6 nitrogen and oxygen atoms in total. The number of nitrogens with one attached hydrogen (secondary N) is 1. The first kappa shape index (κ1) is 15.0. The number of anilines is 1. The molecule has 0 saturated heterocycles. The summed E-state index contributed by atoms with van der Waals surface area (Å²) >= 11 is 0. The van der Waals surface area contributed by atoms with E-state index in [0.717, 1.165) is 5.56 Å². The molecule has 0 aliphatic carbocycles. The van der Waals surface area contributed by atoms with E-state index in [1.54, 1.807) is 29.1 Å². The van der Waals surface area contributed by atoms with Crippen LogP contribution in [0.4, 0.5) is 5.82 Å². The van der Waals surface area contributed by atoms with Crippen LogP contribution in [-0.4, -0.2) is 27.2 Å². The Labute approximate surface area is 117 Å². The number of aromatic nitrogens is 3. The van der Waals surface area contributed by atoms with E-state index in [9.17, 15) is 4.79 Å². The Morgan fingerprint density at radius 3 is 2.89 bits per heavy atom. The van der Waals surface area contributed by atoms with Crippen molar-refractivity contribution in [2.75, 3.05) is 12.3 Å². The van der Waals surface area contributed by atoms with Crippen molar-refractivity contribution >= 4 is 24.1 Å². The largest absolute Gasteiger partial charge is 0.384 e. The summed E-state index contributed by atoms with van der Waals surface area (Å²) in [6.45, 7) is 3.09. The highest BCUT2D eigenvalue weighted by molar-refractivity contribution is 5.92. The standard InChI is InChI=1S/C12H15N5O.ClH/c1-9-7-15-17(8-9)6-5-14-12(18)10-3-2-4-11(13)16-10;/h2-4,7-8H,5-6H2,1H3,(H2,13,16)(H,14,18);1H. The highest BCUT2D eigenvalue weighted by Gasteiger charge is 2.06. The first-order chi connectivity index (χ1) is 8.65. The van der Waals surface area contributed by atoms with Crippen molar-refractivity contribution < 1.29 is 4.79 Å². The van der Waals surface area contributed by atoms with Crippen LogP contribution in [0.1, 0.15) is 16.1 Å². The van der Waals surface area contributed by atoms with E-state index in [-0.39, 0.29) is 18.3 Å². The fourth-order valence-electron chi connectivity index (χ4n) is 1.54. The Kier molecular flexibility index (Phi) is 5.32. The lowest BCUT2D eigenvalue weighted by Crippen LogP contribution is -2.28. The quantitative estimate of drug-likeness (QED) is 0.876. The van der Waals surface area contributed by atoms with Gasteiger partial charge in [-0.25, -0.2) is 4.98 Å². The van der Waals surface area contributed by atoms with Crippen LogP contribution in [0.5, 0.6) is 0 Å². The van der Waals surface area contributed by atoms with Crippen LogP contribution >= 0.6 is 12.4 Å². The van der Waals surface area contributed by atoms with Crippen LogP contribution in [-0.2, 0) is 6.54 Å². The van der Waals surface area contributed by atoms with Gasteiger partial charge in [0.25, 0.3) is 5.91 Å². The van der Waals surface area contributed by atoms with E-state index in [4.69, 9.17) is 5.73 Å². The normalized spacial score (nSPS) is 9.74. The van der Waals surface area contributed by atoms with Gasteiger partial charge in [0.05, 0.1) is 12.7 Å². The number of rotatable bonds is 4. The highest BCUT2D eigenvalue weighted by atomic mass is 35.5. The average Bonchev–Trinajstić information content (AvgIpc) is 2.75. The van der Waals surface area contributed by atoms with Gasteiger partial charge in [0.2, 0.25) is 0 Å². The zero-order valence-corrected chi connectivity index (χ0v) is 11.4. The maximum atomic E-state index is 11.7. The van der Waals surface area contributed by atoms with Crippen molar-refractivity contribution in [1.82, 2.24) is 20.1 Å². The lowest BCUT2D eigenvalue weighted by atomic mass is 10.3. The molecule has 7 heteroatoms. The minimum absolute atomic E-state index is 0. The molecule has 2 rings (SSSR count). The zero-order chi connectivity index (χ0) is 13.0. The summed E-state index contributed by atoms with van der Waals surface area (Å²) in [5.74, 6) is 0.108. The third-order valence-electron chi connectivity index (χ3n) is 2.39. The molecule has 0 aliphatic rings. The number of halogens is 1. The Hall–Kier alpha value is -2.08. The lowest BCUT2D eigenvalue weighted by Gasteiger charge is -2.05. The lowest BCUT2D eigenvalue weighted by molar-refractivity contribution is 0.0947. The molecule has 102 valence electrons. The number of pyridine rings is 1. The minimum Gasteiger partial charge on any atom is -0.384 e. The molecular formula is C12H16ClN5O. The number of aryl methyl sites for hydroxylation is 1. The van der Waals surface area contributed by atoms with Crippen LogP contribution in [0.2, 0.25) is 0 Å². The van der Waals surface area contributed by atoms with Crippen molar-refractivity contribution in [3.63, 3.8) is 0 Å². The minimum atomic E-state index is -0.230. The summed E-state index contributed by atoms with van der Waals surface area (Å²) in [7, 11) is 0. The van der Waals surface area contributed by atoms with E-state index in [2.05, 4.69) is 15.4 Å². The fourth-order valence-corrected chi connectivity index (χ4v) is 1.54. The summed E-state index contributed by atoms with van der Waals surface area (Å²) in [4.78, 5) is 15.7. The number of carbonyl (C=O) groups excluding carboxylic acids is 1. The van der Waals surface area contributed by atoms with E-state index in [1.807, 2.05) is 13.1 Å². The summed E-state index contributed by atoms with van der Waals surface area (Å²) in [6, 6.07) is 4.97. The van der Waals surface area contributed by atoms with Gasteiger partial charge in [0.1, 0.15) is 11.5 Å². The monoisotopic (exact) mass is 281 g/mol. The van der Waals surface area contributed by atoms with Gasteiger partial charge in [-0.15, -0.1) is 12.4 Å². The van der Waals surface area contributed by atoms with Crippen molar-refractivity contribution in [1.29, 1.82) is 0 Å². The smallest absolute Gasteiger partial charge is 0.270 e. The van der Waals surface area contributed by atoms with Crippen LogP contribution < -0.4 is 11.1 Å². The SMILES string of the molecule is Cc1cnn(CCNC(=O)c2cccc(N)n2)c1.Cl. The number of amides is 1. The first-order valence-corrected chi connectivity index (χ1v) is 5.65. The molecule has 0 aliphatic heterocycles. The molecule has 0 saturated carbocycles. The molecule has 0 fully saturated rings. The highest BCUT2D eigenvalue weighted by Crippen LogP contribution is 2.00. The maximum Gasteiger partial charge on any atom is 0.270 e. The van der Waals surface area contributed by atoms with Crippen molar-refractivity contribution in [2.24, 2.45) is 0 Å². The molecule has 0 unspecified atom stereocenters. The molecule has 2 aromatic rings. The molecule has 0 spiro atoms. The molecule has 1 amide bonds. The molecular weight excluding hydrogens is 266 g/mol. The number of carbonyl (C=O) groups is 1. The van der Waals surface area contributed by atoms with Gasteiger partial charge in [-0.1, -0.05) is 6.07 Å². The fraction of sp³-hybridized carbons (Fsp3) is 0.250. The van der Waals surface area contributed by atoms with Crippen LogP contribution in [0.15, 0.2) is 30.6 Å². The van der Waals surface area contributed by atoms with Gasteiger partial charge in [-0.05, 0) is 24.6 Å². The van der Waals surface area contributed by atoms with E-state index in [1.165, 1.54) is 0 Å². The third-order valence-corrected chi connectivity index (χ3v) is 2.39. The number of nitrogen functional groups attached to an aromatic ring is 1. The van der Waals surface area contributed by atoms with E-state index in [0.29, 0.717) is 24.6 Å². The Morgan fingerprint density at radius 2 is 2.26 bits per heavy atom. The van der Waals surface area contributed by atoms with Crippen molar-refractivity contribution in [2.45, 2.75) is 13.5 Å². The molecule has 2 heterocycles. The van der Waals surface area contributed by atoms with E-state index < -0.39 is 0 Å². The second-order valence-corrected chi connectivity index (χ2v) is 3.98. The van der Waals surface area contributed by atoms with Crippen LogP contribution in [0.25, 0.3) is 0 Å². The average molecular weight is 282 g/mol. The van der Waals surface area contributed by atoms with Gasteiger partial charge in [-0.3, -0.25) is 9.48 Å². The predicted octanol–water partition coefficient (Wildman–Crippen LogP) is 1.02. The molecule has 2 aromatic heterocycles. The van der Waals surface area contributed by atoms with Gasteiger partial charge >= 0.3 is 0 Å². The molecule has 0 radical (unpaired) electrons. The number of nitrogens with zero attached hydrogens (tertiary/aromatic N) is 3. The van der Waals surface area contributed by atoms with Gasteiger partial charge < -0.3 is 11.1 Å². The van der Waals surface area contributed by atoms with E-state index >= 15 is 0 Å². The number of hydrogen-bond acceptors (Lipinski definition) is 4. The van der Waals surface area contributed by atoms with Crippen molar-refractivity contribution in [3.05, 3.63) is 41.9 Å². The third kappa shape index (κ3) is 4.26. The molecule has 0 atom stereocenters. The number of hydrogen-bond donors (Lipinski definition) is 2. The molecule has 0 aromatic carbocycles. The first-order valence-electron chi connectivity index (χ1n) is 5.65. The second kappa shape index (κ2) is 6.75. The number of nitrogens with two attached hydrogens (primary N) is 1. The molecule has 0 bridgehead atoms. The topological polar surface area (TPSA) is 85.8 Å². The predicted molar refractivity (Wildman–Crippen MR) is 75.2 cm³/mol. The van der Waals surface area contributed by atoms with Crippen molar-refractivity contribution in [3.8, 4) is 0 Å². The summed E-state index contributed by atoms with van der Waals surface area (Å²) in [5.41, 5.74) is 6.94. The van der Waals surface area contributed by atoms with Crippen LogP contribution in [0, 0.1) is 6.92 Å². The Bertz CT molecular complexity index is 555. The van der Waals surface area contributed by atoms with Gasteiger partial charge in [0, 0.05) is 12.7 Å².